The van der Waals surface area contributed by atoms with E-state index in [0.29, 0.717) is 24.6 Å². The topological polar surface area (TPSA) is 42.7 Å². The van der Waals surface area contributed by atoms with E-state index in [2.05, 4.69) is 0 Å². The average molecular weight is 258 g/mol. The second-order valence-corrected chi connectivity index (χ2v) is 4.67. The molecule has 1 aliphatic rings. The molecule has 0 bridgehead atoms. The average Bonchev–Trinajstić information content (AvgIpc) is 2.76. The van der Waals surface area contributed by atoms with Gasteiger partial charge in [0.05, 0.1) is 30.2 Å². The van der Waals surface area contributed by atoms with Gasteiger partial charge >= 0.3 is 0 Å². The van der Waals surface area contributed by atoms with Crippen molar-refractivity contribution in [2.75, 3.05) is 19.0 Å². The fourth-order valence-electron chi connectivity index (χ4n) is 1.92. The van der Waals surface area contributed by atoms with E-state index in [1.807, 2.05) is 13.8 Å². The van der Waals surface area contributed by atoms with Crippen LogP contribution in [0.4, 0.5) is 0 Å². The van der Waals surface area contributed by atoms with Crippen LogP contribution in [0.25, 0.3) is 0 Å². The maximum absolute atomic E-state index is 12.3. The summed E-state index contributed by atoms with van der Waals surface area (Å²) >= 11 is 5.77. The van der Waals surface area contributed by atoms with Crippen LogP contribution in [0.5, 0.6) is 0 Å². The highest BCUT2D eigenvalue weighted by atomic mass is 35.5. The van der Waals surface area contributed by atoms with Crippen LogP contribution < -0.4 is 0 Å². The lowest BCUT2D eigenvalue weighted by Crippen LogP contribution is -2.51. The van der Waals surface area contributed by atoms with E-state index in [0.717, 1.165) is 5.76 Å². The standard InChI is InChI=1S/C12H16ClNO3/c1-8-6-17-11(4-13)5-14(8)12(15)10-3-9(2)16-7-10/h3,7-8,11H,4-6H2,1-2H3. The van der Waals surface area contributed by atoms with Gasteiger partial charge in [0, 0.05) is 6.54 Å². The van der Waals surface area contributed by atoms with E-state index in [-0.39, 0.29) is 18.1 Å². The van der Waals surface area contributed by atoms with Gasteiger partial charge in [0.25, 0.3) is 5.91 Å². The summed E-state index contributed by atoms with van der Waals surface area (Å²) in [5.41, 5.74) is 0.588. The monoisotopic (exact) mass is 257 g/mol. The van der Waals surface area contributed by atoms with Gasteiger partial charge in [-0.15, -0.1) is 11.6 Å². The molecule has 0 N–H and O–H groups in total. The quantitative estimate of drug-likeness (QED) is 0.762. The fraction of sp³-hybridized carbons (Fsp3) is 0.583. The first-order valence-electron chi connectivity index (χ1n) is 5.65. The molecule has 94 valence electrons. The maximum Gasteiger partial charge on any atom is 0.257 e. The largest absolute Gasteiger partial charge is 0.469 e. The number of halogens is 1. The Morgan fingerprint density at radius 2 is 2.41 bits per heavy atom. The second-order valence-electron chi connectivity index (χ2n) is 4.36. The number of hydrogen-bond donors (Lipinski definition) is 0. The van der Waals surface area contributed by atoms with Gasteiger partial charge in [-0.25, -0.2) is 0 Å². The summed E-state index contributed by atoms with van der Waals surface area (Å²) in [5, 5.41) is 0. The molecule has 0 spiro atoms. The lowest BCUT2D eigenvalue weighted by atomic mass is 10.1. The zero-order valence-corrected chi connectivity index (χ0v) is 10.7. The molecule has 0 radical (unpaired) electrons. The number of furan rings is 1. The molecule has 1 fully saturated rings. The molecule has 0 aliphatic carbocycles. The Labute approximate surface area is 105 Å². The van der Waals surface area contributed by atoms with Gasteiger partial charge in [-0.2, -0.15) is 0 Å². The zero-order valence-electron chi connectivity index (χ0n) is 9.98. The van der Waals surface area contributed by atoms with Crippen molar-refractivity contribution in [2.45, 2.75) is 26.0 Å². The number of amides is 1. The van der Waals surface area contributed by atoms with Gasteiger partial charge in [-0.3, -0.25) is 4.79 Å². The van der Waals surface area contributed by atoms with Crippen molar-refractivity contribution in [3.05, 3.63) is 23.7 Å². The van der Waals surface area contributed by atoms with E-state index < -0.39 is 0 Å². The minimum atomic E-state index is -0.0789. The predicted molar refractivity (Wildman–Crippen MR) is 64.4 cm³/mol. The summed E-state index contributed by atoms with van der Waals surface area (Å²) in [6.45, 7) is 4.85. The molecular weight excluding hydrogens is 242 g/mol. The molecule has 1 aliphatic heterocycles. The highest BCUT2D eigenvalue weighted by molar-refractivity contribution is 6.18. The van der Waals surface area contributed by atoms with Crippen molar-refractivity contribution in [3.63, 3.8) is 0 Å². The number of aryl methyl sites for hydroxylation is 1. The molecule has 1 aromatic rings. The van der Waals surface area contributed by atoms with Crippen LogP contribution in [0, 0.1) is 6.92 Å². The summed E-state index contributed by atoms with van der Waals surface area (Å²) in [7, 11) is 0. The SMILES string of the molecule is Cc1cc(C(=O)N2CC(CCl)OCC2C)co1. The molecule has 17 heavy (non-hydrogen) atoms. The molecule has 5 heteroatoms. The van der Waals surface area contributed by atoms with Crippen LogP contribution >= 0.6 is 11.6 Å². The van der Waals surface area contributed by atoms with Crippen molar-refractivity contribution in [1.29, 1.82) is 0 Å². The van der Waals surface area contributed by atoms with Crippen LogP contribution in [-0.2, 0) is 4.74 Å². The van der Waals surface area contributed by atoms with E-state index >= 15 is 0 Å². The third kappa shape index (κ3) is 2.64. The van der Waals surface area contributed by atoms with Crippen molar-refractivity contribution in [2.24, 2.45) is 0 Å². The van der Waals surface area contributed by atoms with Gasteiger partial charge < -0.3 is 14.1 Å². The molecule has 1 aromatic heterocycles. The van der Waals surface area contributed by atoms with E-state index in [9.17, 15) is 4.79 Å². The number of hydrogen-bond acceptors (Lipinski definition) is 3. The number of rotatable bonds is 2. The normalized spacial score (nSPS) is 25.0. The first-order valence-corrected chi connectivity index (χ1v) is 6.19. The Bertz CT molecular complexity index is 404. The van der Waals surface area contributed by atoms with Gasteiger partial charge in [0.2, 0.25) is 0 Å². The van der Waals surface area contributed by atoms with E-state index in [1.54, 1.807) is 11.0 Å². The third-order valence-corrected chi connectivity index (χ3v) is 3.26. The lowest BCUT2D eigenvalue weighted by molar-refractivity contribution is -0.0372. The maximum atomic E-state index is 12.3. The minimum Gasteiger partial charge on any atom is -0.469 e. The number of carbonyl (C=O) groups is 1. The summed E-state index contributed by atoms with van der Waals surface area (Å²) in [4.78, 5) is 14.0. The molecule has 1 saturated heterocycles. The molecular formula is C12H16ClNO3. The first kappa shape index (κ1) is 12.5. The number of carbonyl (C=O) groups excluding carboxylic acids is 1. The van der Waals surface area contributed by atoms with E-state index in [1.165, 1.54) is 6.26 Å². The molecule has 0 saturated carbocycles. The number of alkyl halides is 1. The summed E-state index contributed by atoms with van der Waals surface area (Å²) in [5.74, 6) is 1.12. The predicted octanol–water partition coefficient (Wildman–Crippen LogP) is 2.06. The molecule has 2 unspecified atom stereocenters. The highest BCUT2D eigenvalue weighted by Gasteiger charge is 2.30. The molecule has 1 amide bonds. The molecule has 4 nitrogen and oxygen atoms in total. The van der Waals surface area contributed by atoms with Crippen molar-refractivity contribution in [1.82, 2.24) is 4.90 Å². The van der Waals surface area contributed by atoms with Crippen LogP contribution in [0.15, 0.2) is 16.7 Å². The number of ether oxygens (including phenoxy) is 1. The zero-order chi connectivity index (χ0) is 12.4. The molecule has 2 rings (SSSR count). The second kappa shape index (κ2) is 5.10. The first-order chi connectivity index (χ1) is 8.11. The highest BCUT2D eigenvalue weighted by Crippen LogP contribution is 2.17. The van der Waals surface area contributed by atoms with Gasteiger partial charge in [-0.1, -0.05) is 0 Å². The van der Waals surface area contributed by atoms with Crippen molar-refractivity contribution < 1.29 is 13.9 Å². The fourth-order valence-corrected chi connectivity index (χ4v) is 2.10. The van der Waals surface area contributed by atoms with Gasteiger partial charge in [-0.05, 0) is 19.9 Å². The number of nitrogens with zero attached hydrogens (tertiary/aromatic N) is 1. The Kier molecular flexibility index (Phi) is 3.74. The summed E-state index contributed by atoms with van der Waals surface area (Å²) < 4.78 is 10.7. The summed E-state index contributed by atoms with van der Waals surface area (Å²) in [6.07, 6.45) is 1.42. The Hall–Kier alpha value is -1.00. The minimum absolute atomic E-state index is 0.0206. The summed E-state index contributed by atoms with van der Waals surface area (Å²) in [6, 6.07) is 1.82. The van der Waals surface area contributed by atoms with Gasteiger partial charge in [0.15, 0.2) is 0 Å². The Balaban J connectivity index is 2.12. The van der Waals surface area contributed by atoms with Crippen LogP contribution in [0.3, 0.4) is 0 Å². The molecule has 0 aromatic carbocycles. The number of morpholine rings is 1. The van der Waals surface area contributed by atoms with Gasteiger partial charge in [0.1, 0.15) is 12.0 Å². The van der Waals surface area contributed by atoms with Crippen molar-refractivity contribution in [3.8, 4) is 0 Å². The third-order valence-electron chi connectivity index (χ3n) is 2.92. The van der Waals surface area contributed by atoms with Crippen LogP contribution in [0.1, 0.15) is 23.0 Å². The molecule has 2 heterocycles. The lowest BCUT2D eigenvalue weighted by Gasteiger charge is -2.37. The van der Waals surface area contributed by atoms with E-state index in [4.69, 9.17) is 20.8 Å². The van der Waals surface area contributed by atoms with Crippen LogP contribution in [0.2, 0.25) is 0 Å². The Morgan fingerprint density at radius 1 is 1.65 bits per heavy atom. The van der Waals surface area contributed by atoms with Crippen LogP contribution in [-0.4, -0.2) is 42.0 Å². The molecule has 2 atom stereocenters. The Morgan fingerprint density at radius 3 is 3.00 bits per heavy atom. The smallest absolute Gasteiger partial charge is 0.257 e. The van der Waals surface area contributed by atoms with Crippen molar-refractivity contribution >= 4 is 17.5 Å².